The number of nitrogens with one attached hydrogen (secondary N) is 4. The zero-order valence-electron chi connectivity index (χ0n) is 42.2. The molecule has 8 atom stereocenters. The highest BCUT2D eigenvalue weighted by Gasteiger charge is 2.64. The Bertz CT molecular complexity index is 2670. The second kappa shape index (κ2) is 18.5. The van der Waals surface area contributed by atoms with Crippen LogP contribution in [0.25, 0.3) is 21.8 Å². The Labute approximate surface area is 423 Å². The van der Waals surface area contributed by atoms with Crippen LogP contribution in [0.1, 0.15) is 111 Å². The SMILES string of the molecule is C[C@@H]1Cc2c([nH]c3ccccc23)[C@@H](c2ccc(N[C@@H]3CN(CCCF)C[C@H]3O)cc2)N1C12CC(C1)C2.C[C@@H]1Cc2c([nH]c3ccccc23)[C@@H](c2ccc(N[C@H]3CN(CCCF)C[C@@H]3O)cc2)N1C12CC(C1)C2. The maximum Gasteiger partial charge on any atom is 0.0906 e. The quantitative estimate of drug-likeness (QED) is 0.0641. The van der Waals surface area contributed by atoms with Gasteiger partial charge in [0, 0.05) is 107 Å². The molecule has 6 saturated carbocycles. The highest BCUT2D eigenvalue weighted by Crippen LogP contribution is 2.65. The van der Waals surface area contributed by atoms with Gasteiger partial charge in [-0.1, -0.05) is 60.7 Å². The molecule has 6 N–H and O–H groups in total. The van der Waals surface area contributed by atoms with Gasteiger partial charge in [0.15, 0.2) is 0 Å². The molecule has 4 aliphatic heterocycles. The standard InChI is InChI=1S/2C30H37FN4O/c2*1-19-13-24-23-5-2-3-6-25(23)33-28(24)29(35(19)30-14-20(15-30)16-30)21-7-9-22(10-8-21)32-26-17-34(12-4-11-31)18-27(26)36/h2*2-3,5-10,19-20,26-27,29,32-33,36H,4,11-18H2,1H3/t19-,20?,26+,27+,29-,30?;19-,20?,26-,27-,29-,30?/m11/s1. The Morgan fingerprint density at radius 1 is 0.542 bits per heavy atom. The van der Waals surface area contributed by atoms with Crippen LogP contribution in [-0.4, -0.2) is 140 Å². The Morgan fingerprint density at radius 2 is 0.931 bits per heavy atom. The van der Waals surface area contributed by atoms with Crippen LogP contribution >= 0.6 is 0 Å². The van der Waals surface area contributed by atoms with E-state index >= 15 is 0 Å². The van der Waals surface area contributed by atoms with Crippen molar-refractivity contribution >= 4 is 33.2 Å². The van der Waals surface area contributed by atoms with E-state index in [0.29, 0.717) is 62.2 Å². The van der Waals surface area contributed by atoms with Gasteiger partial charge in [0.2, 0.25) is 0 Å². The summed E-state index contributed by atoms with van der Waals surface area (Å²) in [6.45, 7) is 8.36. The third-order valence-corrected chi connectivity index (χ3v) is 19.0. The number of halogens is 2. The van der Waals surface area contributed by atoms with Gasteiger partial charge in [-0.2, -0.15) is 0 Å². The first-order chi connectivity index (χ1) is 35.1. The van der Waals surface area contributed by atoms with E-state index in [-0.39, 0.29) is 37.5 Å². The first-order valence-corrected chi connectivity index (χ1v) is 27.5. The van der Waals surface area contributed by atoms with Crippen molar-refractivity contribution in [3.05, 3.63) is 131 Å². The highest BCUT2D eigenvalue weighted by atomic mass is 19.1. The molecule has 0 radical (unpaired) electrons. The van der Waals surface area contributed by atoms with Crippen molar-refractivity contribution in [3.63, 3.8) is 0 Å². The molecule has 380 valence electrons. The lowest BCUT2D eigenvalue weighted by molar-refractivity contribution is -0.174. The predicted molar refractivity (Wildman–Crippen MR) is 284 cm³/mol. The number of nitrogens with zero attached hydrogens (tertiary/aromatic N) is 4. The predicted octanol–water partition coefficient (Wildman–Crippen LogP) is 9.75. The van der Waals surface area contributed by atoms with Crippen molar-refractivity contribution in [2.75, 3.05) is 63.3 Å². The van der Waals surface area contributed by atoms with Crippen LogP contribution in [0.15, 0.2) is 97.1 Å². The number of anilines is 2. The maximum absolute atomic E-state index is 12.6. The number of aromatic amines is 2. The lowest BCUT2D eigenvalue weighted by Crippen LogP contribution is -2.71. The second-order valence-corrected chi connectivity index (χ2v) is 23.7. The summed E-state index contributed by atoms with van der Waals surface area (Å²) in [5.74, 6) is 1.88. The fraction of sp³-hybridized carbons (Fsp3) is 0.533. The number of hydrogen-bond donors (Lipinski definition) is 6. The summed E-state index contributed by atoms with van der Waals surface area (Å²) in [5, 5.41) is 30.9. The van der Waals surface area contributed by atoms with E-state index in [4.69, 9.17) is 0 Å². The van der Waals surface area contributed by atoms with Gasteiger partial charge in [0.25, 0.3) is 0 Å². The fourth-order valence-corrected chi connectivity index (χ4v) is 15.5. The molecule has 10 nitrogen and oxygen atoms in total. The number of hydrogen-bond acceptors (Lipinski definition) is 8. The Balaban J connectivity index is 0.000000140. The minimum Gasteiger partial charge on any atom is -0.390 e. The number of rotatable bonds is 14. The molecule has 8 fully saturated rings. The third-order valence-electron chi connectivity index (χ3n) is 19.0. The average molecular weight is 977 g/mol. The van der Waals surface area contributed by atoms with Gasteiger partial charge in [-0.15, -0.1) is 0 Å². The van der Waals surface area contributed by atoms with Crippen molar-refractivity contribution in [2.45, 2.75) is 138 Å². The van der Waals surface area contributed by atoms with E-state index in [1.165, 1.54) is 94.0 Å². The Hall–Kier alpha value is -4.82. The van der Waals surface area contributed by atoms with Crippen LogP contribution in [0.2, 0.25) is 0 Å². The van der Waals surface area contributed by atoms with Crippen molar-refractivity contribution in [1.29, 1.82) is 0 Å². The number of alkyl halides is 2. The summed E-state index contributed by atoms with van der Waals surface area (Å²) < 4.78 is 25.2. The molecule has 0 spiro atoms. The second-order valence-electron chi connectivity index (χ2n) is 23.7. The van der Waals surface area contributed by atoms with E-state index in [1.54, 1.807) is 0 Å². The van der Waals surface area contributed by atoms with E-state index < -0.39 is 12.2 Å². The smallest absolute Gasteiger partial charge is 0.0906 e. The lowest BCUT2D eigenvalue weighted by Gasteiger charge is -2.70. The molecule has 6 heterocycles. The summed E-state index contributed by atoms with van der Waals surface area (Å²) in [4.78, 5) is 17.7. The molecule has 4 bridgehead atoms. The number of para-hydroxylation sites is 2. The number of aromatic nitrogens is 2. The lowest BCUT2D eigenvalue weighted by atomic mass is 9.48. The minimum atomic E-state index is -0.433. The topological polar surface area (TPSA) is 109 Å². The molecule has 2 saturated heterocycles. The Morgan fingerprint density at radius 3 is 1.29 bits per heavy atom. The van der Waals surface area contributed by atoms with Crippen LogP contribution in [0.4, 0.5) is 20.2 Å². The van der Waals surface area contributed by atoms with E-state index in [9.17, 15) is 19.0 Å². The maximum atomic E-state index is 12.6. The van der Waals surface area contributed by atoms with Crippen LogP contribution in [0.5, 0.6) is 0 Å². The molecule has 0 unspecified atom stereocenters. The number of fused-ring (bicyclic) bond motifs is 6. The van der Waals surface area contributed by atoms with Crippen LogP contribution in [0.3, 0.4) is 0 Å². The van der Waals surface area contributed by atoms with Gasteiger partial charge in [-0.05, 0) is 149 Å². The number of aliphatic hydroxyl groups is 2. The summed E-state index contributed by atoms with van der Waals surface area (Å²) >= 11 is 0. The van der Waals surface area contributed by atoms with Crippen LogP contribution < -0.4 is 10.6 Å². The monoisotopic (exact) mass is 977 g/mol. The zero-order valence-corrected chi connectivity index (χ0v) is 42.2. The molecule has 10 aliphatic rings. The Kier molecular flexibility index (Phi) is 12.1. The van der Waals surface area contributed by atoms with Gasteiger partial charge >= 0.3 is 0 Å². The van der Waals surface area contributed by atoms with Crippen LogP contribution in [-0.2, 0) is 12.8 Å². The molecule has 72 heavy (non-hydrogen) atoms. The minimum absolute atomic E-state index is 0.0252. The van der Waals surface area contributed by atoms with E-state index in [1.807, 2.05) is 0 Å². The van der Waals surface area contributed by atoms with Gasteiger partial charge < -0.3 is 30.8 Å². The first-order valence-electron chi connectivity index (χ1n) is 27.5. The molecule has 16 rings (SSSR count). The van der Waals surface area contributed by atoms with Crippen molar-refractivity contribution in [1.82, 2.24) is 29.6 Å². The largest absolute Gasteiger partial charge is 0.390 e. The summed E-state index contributed by atoms with van der Waals surface area (Å²) in [6.07, 6.45) is 10.5. The first kappa shape index (κ1) is 46.9. The number of β-amino-alcohol motifs (C(OH)–C–C–N with tert-alkyl or cyclic N) is 2. The average Bonchev–Trinajstić information content (AvgIpc) is 4.09. The van der Waals surface area contributed by atoms with Gasteiger partial charge in [0.05, 0.1) is 49.7 Å². The highest BCUT2D eigenvalue weighted by molar-refractivity contribution is 5.86. The molecule has 2 aromatic heterocycles. The number of aliphatic hydroxyl groups excluding tert-OH is 2. The van der Waals surface area contributed by atoms with E-state index in [2.05, 4.69) is 151 Å². The van der Waals surface area contributed by atoms with Crippen LogP contribution in [0, 0.1) is 11.8 Å². The van der Waals surface area contributed by atoms with Crippen molar-refractivity contribution in [3.8, 4) is 0 Å². The van der Waals surface area contributed by atoms with Gasteiger partial charge in [0.1, 0.15) is 0 Å². The van der Waals surface area contributed by atoms with Crippen molar-refractivity contribution < 1.29 is 19.0 Å². The fourth-order valence-electron chi connectivity index (χ4n) is 15.5. The molecule has 6 aromatic rings. The van der Waals surface area contributed by atoms with Gasteiger partial charge in [-0.3, -0.25) is 28.4 Å². The number of benzene rings is 4. The normalized spacial score (nSPS) is 33.8. The zero-order chi connectivity index (χ0) is 48.9. The third kappa shape index (κ3) is 8.00. The summed E-state index contributed by atoms with van der Waals surface area (Å²) in [6, 6.07) is 36.7. The van der Waals surface area contributed by atoms with E-state index in [0.717, 1.165) is 49.1 Å². The summed E-state index contributed by atoms with van der Waals surface area (Å²) in [7, 11) is 0. The number of H-pyrrole nitrogens is 2. The molecular weight excluding hydrogens is 903 g/mol. The van der Waals surface area contributed by atoms with Gasteiger partial charge in [-0.25, -0.2) is 0 Å². The molecule has 12 heteroatoms. The number of likely N-dealkylation sites (tertiary alicyclic amines) is 2. The summed E-state index contributed by atoms with van der Waals surface area (Å²) in [5.41, 5.74) is 13.7. The van der Waals surface area contributed by atoms with Crippen molar-refractivity contribution in [2.24, 2.45) is 11.8 Å². The molecule has 6 aliphatic carbocycles. The molecular formula is C60H74F2N8O2. The molecule has 0 amide bonds. The molecule has 4 aromatic carbocycles.